The van der Waals surface area contributed by atoms with Crippen molar-refractivity contribution in [3.8, 4) is 0 Å². The molecule has 0 atom stereocenters. The first-order valence-corrected chi connectivity index (χ1v) is 8.49. The lowest BCUT2D eigenvalue weighted by atomic mass is 10.1. The normalized spacial score (nSPS) is 10.6. The molecule has 4 nitrogen and oxygen atoms in total. The molecule has 1 heterocycles. The number of aromatic amines is 1. The summed E-state index contributed by atoms with van der Waals surface area (Å²) < 4.78 is 0. The lowest BCUT2D eigenvalue weighted by Crippen LogP contribution is -2.10. The van der Waals surface area contributed by atoms with Crippen LogP contribution in [0.15, 0.2) is 46.3 Å². The van der Waals surface area contributed by atoms with E-state index in [2.05, 4.69) is 16.9 Å². The van der Waals surface area contributed by atoms with Gasteiger partial charge in [0.25, 0.3) is 5.56 Å². The fourth-order valence-corrected chi connectivity index (χ4v) is 2.94. The van der Waals surface area contributed by atoms with Crippen molar-refractivity contribution < 1.29 is 4.79 Å². The Morgan fingerprint density at radius 1 is 1.27 bits per heavy atom. The average molecular weight is 316 g/mol. The maximum absolute atomic E-state index is 12.0. The molecule has 0 radical (unpaired) electrons. The Labute approximate surface area is 134 Å². The van der Waals surface area contributed by atoms with Crippen LogP contribution >= 0.6 is 11.8 Å². The first-order chi connectivity index (χ1) is 10.7. The number of carbonyl (C=O) groups is 1. The molecule has 2 rings (SSSR count). The highest BCUT2D eigenvalue weighted by atomic mass is 32.2. The zero-order chi connectivity index (χ0) is 15.8. The molecule has 0 saturated heterocycles. The number of ketones is 1. The fraction of sp³-hybridized carbons (Fsp3) is 0.353. The van der Waals surface area contributed by atoms with Crippen LogP contribution in [0.25, 0.3) is 0 Å². The number of rotatable bonds is 8. The molecule has 0 aliphatic carbocycles. The highest BCUT2D eigenvalue weighted by molar-refractivity contribution is 7.99. The van der Waals surface area contributed by atoms with Gasteiger partial charge in [0.1, 0.15) is 0 Å². The van der Waals surface area contributed by atoms with Crippen molar-refractivity contribution >= 4 is 17.5 Å². The molecular formula is C17H20N2O2S. The van der Waals surface area contributed by atoms with Crippen LogP contribution in [-0.4, -0.2) is 21.5 Å². The van der Waals surface area contributed by atoms with Crippen molar-refractivity contribution in [2.75, 3.05) is 5.75 Å². The summed E-state index contributed by atoms with van der Waals surface area (Å²) in [5.74, 6) is 0.916. The van der Waals surface area contributed by atoms with Gasteiger partial charge in [-0.3, -0.25) is 9.59 Å². The third-order valence-electron chi connectivity index (χ3n) is 3.16. The minimum absolute atomic E-state index is 0.110. The highest BCUT2D eigenvalue weighted by Crippen LogP contribution is 2.15. The Morgan fingerprint density at radius 3 is 2.77 bits per heavy atom. The molecule has 0 saturated carbocycles. The van der Waals surface area contributed by atoms with Crippen LogP contribution < -0.4 is 5.56 Å². The van der Waals surface area contributed by atoms with E-state index in [1.807, 2.05) is 30.3 Å². The van der Waals surface area contributed by atoms with Crippen molar-refractivity contribution in [3.05, 3.63) is 58.0 Å². The SMILES string of the molecule is CCCc1cc(=O)[nH]c(SCCCC(=O)c2ccccc2)n1. The minimum atomic E-state index is -0.110. The third kappa shape index (κ3) is 5.15. The molecule has 22 heavy (non-hydrogen) atoms. The second kappa shape index (κ2) is 8.54. The molecule has 1 aromatic carbocycles. The van der Waals surface area contributed by atoms with Crippen molar-refractivity contribution in [2.24, 2.45) is 0 Å². The molecule has 0 unspecified atom stereocenters. The summed E-state index contributed by atoms with van der Waals surface area (Å²) in [6.45, 7) is 2.06. The number of nitrogens with one attached hydrogen (secondary N) is 1. The van der Waals surface area contributed by atoms with Gasteiger partial charge in [-0.25, -0.2) is 4.98 Å². The maximum atomic E-state index is 12.0. The van der Waals surface area contributed by atoms with Gasteiger partial charge in [-0.05, 0) is 12.8 Å². The molecule has 1 aromatic heterocycles. The van der Waals surface area contributed by atoms with Crippen LogP contribution in [0.5, 0.6) is 0 Å². The van der Waals surface area contributed by atoms with E-state index in [1.54, 1.807) is 6.07 Å². The Bertz CT molecular complexity index is 668. The number of aryl methyl sites for hydroxylation is 1. The van der Waals surface area contributed by atoms with Crippen LogP contribution in [0.4, 0.5) is 0 Å². The first-order valence-electron chi connectivity index (χ1n) is 7.50. The van der Waals surface area contributed by atoms with Gasteiger partial charge in [-0.2, -0.15) is 0 Å². The summed E-state index contributed by atoms with van der Waals surface area (Å²) in [4.78, 5) is 30.7. The van der Waals surface area contributed by atoms with E-state index >= 15 is 0 Å². The van der Waals surface area contributed by atoms with E-state index in [9.17, 15) is 9.59 Å². The second-order valence-electron chi connectivity index (χ2n) is 5.03. The number of thioether (sulfide) groups is 1. The number of H-pyrrole nitrogens is 1. The number of aromatic nitrogens is 2. The lowest BCUT2D eigenvalue weighted by molar-refractivity contribution is 0.0982. The van der Waals surface area contributed by atoms with Gasteiger partial charge < -0.3 is 4.98 Å². The molecule has 0 spiro atoms. The molecule has 0 aliphatic rings. The predicted molar refractivity (Wildman–Crippen MR) is 89.6 cm³/mol. The predicted octanol–water partition coefficient (Wildman–Crippen LogP) is 3.48. The van der Waals surface area contributed by atoms with E-state index < -0.39 is 0 Å². The van der Waals surface area contributed by atoms with Gasteiger partial charge in [-0.15, -0.1) is 0 Å². The maximum Gasteiger partial charge on any atom is 0.251 e. The molecule has 0 aliphatic heterocycles. The van der Waals surface area contributed by atoms with Crippen molar-refractivity contribution in [2.45, 2.75) is 37.8 Å². The topological polar surface area (TPSA) is 62.8 Å². The number of hydrogen-bond donors (Lipinski definition) is 1. The smallest absolute Gasteiger partial charge is 0.251 e. The standard InChI is InChI=1S/C17H20N2O2S/c1-2-7-14-12-16(21)19-17(18-14)22-11-6-10-15(20)13-8-4-3-5-9-13/h3-5,8-9,12H,2,6-7,10-11H2,1H3,(H,18,19,21). The highest BCUT2D eigenvalue weighted by Gasteiger charge is 2.06. The Morgan fingerprint density at radius 2 is 2.05 bits per heavy atom. The lowest BCUT2D eigenvalue weighted by Gasteiger charge is -2.03. The average Bonchev–Trinajstić information content (AvgIpc) is 2.52. The minimum Gasteiger partial charge on any atom is -0.301 e. The molecule has 0 fully saturated rings. The second-order valence-corrected chi connectivity index (χ2v) is 6.12. The van der Waals surface area contributed by atoms with Crippen LogP contribution in [0.3, 0.4) is 0 Å². The van der Waals surface area contributed by atoms with Gasteiger partial charge in [0.2, 0.25) is 0 Å². The molecule has 5 heteroatoms. The van der Waals surface area contributed by atoms with Crippen molar-refractivity contribution in [1.29, 1.82) is 0 Å². The Balaban J connectivity index is 1.81. The summed E-state index contributed by atoms with van der Waals surface area (Å²) in [5.41, 5.74) is 1.47. The van der Waals surface area contributed by atoms with E-state index in [4.69, 9.17) is 0 Å². The zero-order valence-corrected chi connectivity index (χ0v) is 13.5. The van der Waals surface area contributed by atoms with Crippen LogP contribution in [0.2, 0.25) is 0 Å². The van der Waals surface area contributed by atoms with Gasteiger partial charge in [0.05, 0.1) is 0 Å². The summed E-state index contributed by atoms with van der Waals surface area (Å²) in [6.07, 6.45) is 3.05. The number of hydrogen-bond acceptors (Lipinski definition) is 4. The fourth-order valence-electron chi connectivity index (χ4n) is 2.11. The summed E-state index contributed by atoms with van der Waals surface area (Å²) >= 11 is 1.49. The third-order valence-corrected chi connectivity index (χ3v) is 4.12. The summed E-state index contributed by atoms with van der Waals surface area (Å²) in [7, 11) is 0. The number of benzene rings is 1. The van der Waals surface area contributed by atoms with Gasteiger partial charge >= 0.3 is 0 Å². The molecule has 2 aromatic rings. The first kappa shape index (κ1) is 16.5. The number of carbonyl (C=O) groups excluding carboxylic acids is 1. The zero-order valence-electron chi connectivity index (χ0n) is 12.7. The Hall–Kier alpha value is -1.88. The quantitative estimate of drug-likeness (QED) is 0.350. The van der Waals surface area contributed by atoms with E-state index in [-0.39, 0.29) is 11.3 Å². The monoisotopic (exact) mass is 316 g/mol. The molecular weight excluding hydrogens is 296 g/mol. The summed E-state index contributed by atoms with van der Waals surface area (Å²) in [6, 6.07) is 10.9. The van der Waals surface area contributed by atoms with Crippen molar-refractivity contribution in [1.82, 2.24) is 9.97 Å². The largest absolute Gasteiger partial charge is 0.301 e. The Kier molecular flexibility index (Phi) is 6.40. The van der Waals surface area contributed by atoms with Crippen LogP contribution in [0.1, 0.15) is 42.2 Å². The van der Waals surface area contributed by atoms with Crippen LogP contribution in [0, 0.1) is 0 Å². The van der Waals surface area contributed by atoms with Crippen LogP contribution in [-0.2, 0) is 6.42 Å². The molecule has 0 bridgehead atoms. The van der Waals surface area contributed by atoms with Gasteiger partial charge in [0.15, 0.2) is 10.9 Å². The van der Waals surface area contributed by atoms with E-state index in [1.165, 1.54) is 11.8 Å². The van der Waals surface area contributed by atoms with Gasteiger partial charge in [0, 0.05) is 29.5 Å². The van der Waals surface area contributed by atoms with E-state index in [0.29, 0.717) is 11.6 Å². The summed E-state index contributed by atoms with van der Waals surface area (Å²) in [5, 5.41) is 0.642. The number of nitrogens with zero attached hydrogens (tertiary/aromatic N) is 1. The molecule has 1 N–H and O–H groups in total. The van der Waals surface area contributed by atoms with E-state index in [0.717, 1.165) is 36.3 Å². The van der Waals surface area contributed by atoms with Gasteiger partial charge in [-0.1, -0.05) is 55.4 Å². The van der Waals surface area contributed by atoms with Crippen molar-refractivity contribution in [3.63, 3.8) is 0 Å². The molecule has 116 valence electrons. The number of Topliss-reactive ketones (excluding diaryl/α,β-unsaturated/α-hetero) is 1. The molecule has 0 amide bonds.